The second kappa shape index (κ2) is 9.53. The van der Waals surface area contributed by atoms with Crippen LogP contribution in [0, 0.1) is 5.92 Å². The van der Waals surface area contributed by atoms with E-state index >= 15 is 0 Å². The van der Waals surface area contributed by atoms with Crippen molar-refractivity contribution < 1.29 is 19.1 Å². The lowest BCUT2D eigenvalue weighted by Crippen LogP contribution is -2.46. The number of ketones is 1. The van der Waals surface area contributed by atoms with Crippen molar-refractivity contribution in [3.63, 3.8) is 0 Å². The number of carbonyl (C=O) groups excluding carboxylic acids is 2. The van der Waals surface area contributed by atoms with Gasteiger partial charge in [-0.2, -0.15) is 0 Å². The lowest BCUT2D eigenvalue weighted by Gasteiger charge is -2.42. The van der Waals surface area contributed by atoms with Crippen LogP contribution in [0.1, 0.15) is 63.0 Å². The Kier molecular flexibility index (Phi) is 6.46. The first kappa shape index (κ1) is 26.4. The molecule has 1 unspecified atom stereocenters. The summed E-state index contributed by atoms with van der Waals surface area (Å²) in [6.07, 6.45) is 2.41. The number of allylic oxidation sites excluding steroid dienone is 1. The second-order valence-electron chi connectivity index (χ2n) is 11.0. The summed E-state index contributed by atoms with van der Waals surface area (Å²) in [4.78, 5) is 51.4. The molecule has 2 aliphatic rings. The van der Waals surface area contributed by atoms with Crippen LogP contribution in [0.2, 0.25) is 0 Å². The number of nitrogens with zero attached hydrogens (tertiary/aromatic N) is 3. The first-order valence-electron chi connectivity index (χ1n) is 13.0. The van der Waals surface area contributed by atoms with E-state index in [1.165, 1.54) is 16.3 Å². The Bertz CT molecular complexity index is 1620. The molecule has 0 radical (unpaired) electrons. The molecule has 39 heavy (non-hydrogen) atoms. The van der Waals surface area contributed by atoms with Gasteiger partial charge in [0.15, 0.2) is 5.78 Å². The number of fused-ring (bicyclic) bond motifs is 5. The maximum absolute atomic E-state index is 13.8. The lowest BCUT2D eigenvalue weighted by atomic mass is 9.83. The highest BCUT2D eigenvalue weighted by molar-refractivity contribution is 5.94. The average Bonchev–Trinajstić information content (AvgIpc) is 3.12. The molecule has 2 atom stereocenters. The molecular weight excluding hydrogens is 500 g/mol. The SMILES string of the molecule is CC(=O)c1ccc(-n2c(=O)n3n(c2=O)C2C(=CC3)C(C)(C)Oc3cc(OC(=O)[C@@H](N)CC(C)C)ccc32)cc1. The summed E-state index contributed by atoms with van der Waals surface area (Å²) in [6, 6.07) is 10.0. The first-order chi connectivity index (χ1) is 18.4. The second-order valence-corrected chi connectivity index (χ2v) is 11.0. The van der Waals surface area contributed by atoms with Crippen LogP contribution in [0.15, 0.2) is 63.7 Å². The van der Waals surface area contributed by atoms with E-state index in [-0.39, 0.29) is 24.0 Å². The molecule has 0 aliphatic carbocycles. The van der Waals surface area contributed by atoms with Crippen molar-refractivity contribution in [2.24, 2.45) is 11.7 Å². The predicted octanol–water partition coefficient (Wildman–Crippen LogP) is 2.98. The van der Waals surface area contributed by atoms with Crippen molar-refractivity contribution in [3.05, 3.63) is 86.2 Å². The molecular formula is C29H32N4O6. The summed E-state index contributed by atoms with van der Waals surface area (Å²) in [5.41, 5.74) is 6.55. The predicted molar refractivity (Wildman–Crippen MR) is 145 cm³/mol. The summed E-state index contributed by atoms with van der Waals surface area (Å²) in [7, 11) is 0. The zero-order valence-corrected chi connectivity index (χ0v) is 22.6. The number of ether oxygens (including phenoxy) is 2. The number of nitrogens with two attached hydrogens (primary N) is 1. The number of hydrogen-bond acceptors (Lipinski definition) is 7. The number of hydrogen-bond donors (Lipinski definition) is 1. The van der Waals surface area contributed by atoms with Crippen LogP contribution in [-0.2, 0) is 11.3 Å². The van der Waals surface area contributed by atoms with Crippen molar-refractivity contribution in [2.45, 2.75) is 65.3 Å². The topological polar surface area (TPSA) is 128 Å². The Morgan fingerprint density at radius 2 is 1.79 bits per heavy atom. The summed E-state index contributed by atoms with van der Waals surface area (Å²) < 4.78 is 15.8. The molecule has 2 aromatic carbocycles. The van der Waals surface area contributed by atoms with Gasteiger partial charge in [-0.3, -0.25) is 4.79 Å². The van der Waals surface area contributed by atoms with Crippen LogP contribution in [-0.4, -0.2) is 37.3 Å². The number of esters is 1. The van der Waals surface area contributed by atoms with Crippen molar-refractivity contribution in [3.8, 4) is 17.2 Å². The third-order valence-corrected chi connectivity index (χ3v) is 7.20. The van der Waals surface area contributed by atoms with Crippen molar-refractivity contribution >= 4 is 11.8 Å². The fraction of sp³-hybridized carbons (Fsp3) is 0.379. The number of Topliss-reactive ketones (excluding diaryl/α,β-unsaturated/α-hetero) is 1. The van der Waals surface area contributed by atoms with Gasteiger partial charge in [-0.15, -0.1) is 0 Å². The molecule has 3 heterocycles. The van der Waals surface area contributed by atoms with Crippen molar-refractivity contribution in [2.75, 3.05) is 0 Å². The minimum atomic E-state index is -0.805. The highest BCUT2D eigenvalue weighted by Gasteiger charge is 2.44. The van der Waals surface area contributed by atoms with Gasteiger partial charge >= 0.3 is 17.3 Å². The van der Waals surface area contributed by atoms with E-state index in [2.05, 4.69) is 0 Å². The standard InChI is InChI=1S/C29H32N4O6/c1-16(2)14-23(30)26(35)38-20-10-11-21-24(15-20)39-29(4,5)22-12-13-31-27(36)32(28(37)33(31)25(21)22)19-8-6-18(7-9-19)17(3)34/h6-12,15-16,23,25H,13-14,30H2,1-5H3/t23-,25?/m0/s1. The zero-order chi connectivity index (χ0) is 28.2. The molecule has 3 aromatic rings. The Balaban J connectivity index is 1.57. The summed E-state index contributed by atoms with van der Waals surface area (Å²) in [5.74, 6) is 0.326. The zero-order valence-electron chi connectivity index (χ0n) is 22.6. The number of carbonyl (C=O) groups is 2. The van der Waals surface area contributed by atoms with E-state index in [1.807, 2.05) is 33.8 Å². The number of aromatic nitrogens is 3. The highest BCUT2D eigenvalue weighted by atomic mass is 16.5. The van der Waals surface area contributed by atoms with Gasteiger partial charge in [0.25, 0.3) is 0 Å². The summed E-state index contributed by atoms with van der Waals surface area (Å²) in [5, 5.41) is 0. The van der Waals surface area contributed by atoms with Crippen LogP contribution in [0.5, 0.6) is 11.5 Å². The molecule has 0 bridgehead atoms. The normalized spacial score (nSPS) is 17.8. The molecule has 1 aromatic heterocycles. The highest BCUT2D eigenvalue weighted by Crippen LogP contribution is 2.47. The van der Waals surface area contributed by atoms with E-state index in [0.717, 1.165) is 10.1 Å². The van der Waals surface area contributed by atoms with E-state index in [4.69, 9.17) is 15.2 Å². The Labute approximate surface area is 225 Å². The van der Waals surface area contributed by atoms with Crippen molar-refractivity contribution in [1.82, 2.24) is 13.9 Å². The van der Waals surface area contributed by atoms with E-state index < -0.39 is 35.0 Å². The van der Waals surface area contributed by atoms with Crippen LogP contribution in [0.4, 0.5) is 0 Å². The van der Waals surface area contributed by atoms with Gasteiger partial charge in [-0.05, 0) is 75.1 Å². The van der Waals surface area contributed by atoms with Gasteiger partial charge in [-0.1, -0.05) is 19.9 Å². The smallest absolute Gasteiger partial charge is 0.352 e. The molecule has 2 aliphatic heterocycles. The fourth-order valence-electron chi connectivity index (χ4n) is 5.30. The molecule has 10 nitrogen and oxygen atoms in total. The van der Waals surface area contributed by atoms with Gasteiger partial charge < -0.3 is 15.2 Å². The quantitative estimate of drug-likeness (QED) is 0.224. The summed E-state index contributed by atoms with van der Waals surface area (Å²) in [6.45, 7) is 9.39. The van der Waals surface area contributed by atoms with Gasteiger partial charge in [0, 0.05) is 17.2 Å². The Hall–Kier alpha value is -4.18. The molecule has 0 saturated heterocycles. The van der Waals surface area contributed by atoms with Gasteiger partial charge in [0.05, 0.1) is 12.2 Å². The van der Waals surface area contributed by atoms with Gasteiger partial charge in [0.2, 0.25) is 0 Å². The van der Waals surface area contributed by atoms with E-state index in [1.54, 1.807) is 42.5 Å². The lowest BCUT2D eigenvalue weighted by molar-refractivity contribution is -0.136. The number of rotatable bonds is 6. The van der Waals surface area contributed by atoms with Gasteiger partial charge in [0.1, 0.15) is 29.2 Å². The largest absolute Gasteiger partial charge is 0.483 e. The maximum Gasteiger partial charge on any atom is 0.352 e. The molecule has 204 valence electrons. The van der Waals surface area contributed by atoms with Crippen LogP contribution >= 0.6 is 0 Å². The number of benzene rings is 2. The van der Waals surface area contributed by atoms with Crippen LogP contribution < -0.4 is 26.6 Å². The molecule has 0 spiro atoms. The van der Waals surface area contributed by atoms with Gasteiger partial charge in [-0.25, -0.2) is 28.3 Å². The maximum atomic E-state index is 13.8. The molecule has 5 rings (SSSR count). The molecule has 0 amide bonds. The Morgan fingerprint density at radius 3 is 2.44 bits per heavy atom. The average molecular weight is 533 g/mol. The third-order valence-electron chi connectivity index (χ3n) is 7.20. The monoisotopic (exact) mass is 532 g/mol. The molecule has 10 heteroatoms. The third kappa shape index (κ3) is 4.54. The molecule has 0 fully saturated rings. The molecule has 2 N–H and O–H groups in total. The first-order valence-corrected chi connectivity index (χ1v) is 13.0. The summed E-state index contributed by atoms with van der Waals surface area (Å²) >= 11 is 0. The van der Waals surface area contributed by atoms with Crippen LogP contribution in [0.25, 0.3) is 5.69 Å². The minimum absolute atomic E-state index is 0.108. The fourth-order valence-corrected chi connectivity index (χ4v) is 5.30. The molecule has 0 saturated carbocycles. The van der Waals surface area contributed by atoms with E-state index in [0.29, 0.717) is 29.0 Å². The van der Waals surface area contributed by atoms with Crippen molar-refractivity contribution in [1.29, 1.82) is 0 Å². The Morgan fingerprint density at radius 1 is 1.10 bits per heavy atom. The van der Waals surface area contributed by atoms with Crippen LogP contribution in [0.3, 0.4) is 0 Å². The minimum Gasteiger partial charge on any atom is -0.483 e. The van der Waals surface area contributed by atoms with E-state index in [9.17, 15) is 19.2 Å².